The van der Waals surface area contributed by atoms with Crippen molar-refractivity contribution in [2.24, 2.45) is 5.92 Å². The molecule has 1 aromatic rings. The van der Waals surface area contributed by atoms with Crippen LogP contribution >= 0.6 is 0 Å². The smallest absolute Gasteiger partial charge is 0.226 e. The first-order valence-corrected chi connectivity index (χ1v) is 4.68. The summed E-state index contributed by atoms with van der Waals surface area (Å²) < 4.78 is 5.07. The van der Waals surface area contributed by atoms with Gasteiger partial charge < -0.3 is 9.84 Å². The van der Waals surface area contributed by atoms with Crippen molar-refractivity contribution in [1.29, 1.82) is 0 Å². The average Bonchev–Trinajstić information content (AvgIpc) is 2.50. The molecule has 1 heterocycles. The maximum atomic E-state index is 5.07. The Labute approximate surface area is 78.7 Å². The van der Waals surface area contributed by atoms with Crippen LogP contribution < -0.4 is 5.32 Å². The van der Waals surface area contributed by atoms with E-state index in [1.807, 2.05) is 7.05 Å². The number of rotatable bonds is 5. The summed E-state index contributed by atoms with van der Waals surface area (Å²) in [4.78, 5) is 4.23. The van der Waals surface area contributed by atoms with Gasteiger partial charge in [0.1, 0.15) is 0 Å². The molecule has 0 amide bonds. The Hall–Kier alpha value is -0.900. The second-order valence-electron chi connectivity index (χ2n) is 3.57. The molecule has 0 saturated carbocycles. The van der Waals surface area contributed by atoms with Gasteiger partial charge in [-0.1, -0.05) is 19.0 Å². The van der Waals surface area contributed by atoms with Gasteiger partial charge in [0.2, 0.25) is 5.89 Å². The molecule has 0 unspecified atom stereocenters. The average molecular weight is 183 g/mol. The van der Waals surface area contributed by atoms with Gasteiger partial charge in [-0.05, 0) is 19.4 Å². The lowest BCUT2D eigenvalue weighted by atomic mass is 10.1. The maximum absolute atomic E-state index is 5.07. The van der Waals surface area contributed by atoms with E-state index < -0.39 is 0 Å². The van der Waals surface area contributed by atoms with Crippen molar-refractivity contribution in [2.45, 2.75) is 33.2 Å². The van der Waals surface area contributed by atoms with Gasteiger partial charge in [0.25, 0.3) is 0 Å². The van der Waals surface area contributed by atoms with Crippen molar-refractivity contribution in [3.05, 3.63) is 11.7 Å². The monoisotopic (exact) mass is 183 g/mol. The molecule has 0 spiro atoms. The molecule has 4 nitrogen and oxygen atoms in total. The minimum atomic E-state index is 0.672. The zero-order chi connectivity index (χ0) is 9.68. The molecule has 1 N–H and O–H groups in total. The summed E-state index contributed by atoms with van der Waals surface area (Å²) >= 11 is 0. The Morgan fingerprint density at radius 1 is 1.46 bits per heavy atom. The molecule has 0 aliphatic rings. The SMILES string of the molecule is CNCc1noc(CCC(C)C)n1. The van der Waals surface area contributed by atoms with Gasteiger partial charge in [0.05, 0.1) is 6.54 Å². The fourth-order valence-electron chi connectivity index (χ4n) is 1.03. The van der Waals surface area contributed by atoms with Crippen LogP contribution in [0.25, 0.3) is 0 Å². The normalized spacial score (nSPS) is 11.1. The molecule has 0 saturated heterocycles. The highest BCUT2D eigenvalue weighted by molar-refractivity contribution is 4.85. The van der Waals surface area contributed by atoms with Crippen molar-refractivity contribution < 1.29 is 4.52 Å². The Morgan fingerprint density at radius 3 is 2.85 bits per heavy atom. The first-order valence-electron chi connectivity index (χ1n) is 4.68. The summed E-state index contributed by atoms with van der Waals surface area (Å²) in [5.74, 6) is 2.17. The molecule has 0 radical (unpaired) electrons. The molecular formula is C9H17N3O. The summed E-state index contributed by atoms with van der Waals surface area (Å²) in [5, 5.41) is 6.81. The van der Waals surface area contributed by atoms with Gasteiger partial charge >= 0.3 is 0 Å². The lowest BCUT2D eigenvalue weighted by Gasteiger charge is -1.98. The van der Waals surface area contributed by atoms with Crippen LogP contribution in [0.5, 0.6) is 0 Å². The van der Waals surface area contributed by atoms with Crippen molar-refractivity contribution in [3.8, 4) is 0 Å². The Kier molecular flexibility index (Phi) is 3.89. The van der Waals surface area contributed by atoms with Crippen LogP contribution in [0.4, 0.5) is 0 Å². The van der Waals surface area contributed by atoms with Crippen molar-refractivity contribution in [2.75, 3.05) is 7.05 Å². The molecule has 0 atom stereocenters. The van der Waals surface area contributed by atoms with Crippen LogP contribution in [-0.4, -0.2) is 17.2 Å². The second kappa shape index (κ2) is 4.97. The highest BCUT2D eigenvalue weighted by atomic mass is 16.5. The number of aryl methyl sites for hydroxylation is 1. The van der Waals surface area contributed by atoms with Crippen LogP contribution in [0.1, 0.15) is 32.0 Å². The van der Waals surface area contributed by atoms with Crippen molar-refractivity contribution in [1.82, 2.24) is 15.5 Å². The summed E-state index contributed by atoms with van der Waals surface area (Å²) in [6.45, 7) is 5.04. The second-order valence-corrected chi connectivity index (χ2v) is 3.57. The van der Waals surface area contributed by atoms with Gasteiger partial charge in [-0.3, -0.25) is 0 Å². The summed E-state index contributed by atoms with van der Waals surface area (Å²) in [7, 11) is 1.87. The quantitative estimate of drug-likeness (QED) is 0.749. The summed E-state index contributed by atoms with van der Waals surface area (Å²) in [6, 6.07) is 0. The van der Waals surface area contributed by atoms with Gasteiger partial charge in [-0.15, -0.1) is 0 Å². The molecule has 0 fully saturated rings. The largest absolute Gasteiger partial charge is 0.339 e. The van der Waals surface area contributed by atoms with E-state index in [1.165, 1.54) is 0 Å². The number of nitrogens with zero attached hydrogens (tertiary/aromatic N) is 2. The fourth-order valence-corrected chi connectivity index (χ4v) is 1.03. The fraction of sp³-hybridized carbons (Fsp3) is 0.778. The van der Waals surface area contributed by atoms with E-state index in [0.29, 0.717) is 12.5 Å². The minimum absolute atomic E-state index is 0.672. The molecule has 1 rings (SSSR count). The molecule has 1 aromatic heterocycles. The predicted molar refractivity (Wildman–Crippen MR) is 50.2 cm³/mol. The standard InChI is InChI=1S/C9H17N3O/c1-7(2)4-5-9-11-8(6-10-3)12-13-9/h7,10H,4-6H2,1-3H3. The highest BCUT2D eigenvalue weighted by Gasteiger charge is 2.05. The van der Waals surface area contributed by atoms with Gasteiger partial charge in [-0.2, -0.15) is 4.98 Å². The molecular weight excluding hydrogens is 166 g/mol. The number of aromatic nitrogens is 2. The van der Waals surface area contributed by atoms with E-state index in [-0.39, 0.29) is 0 Å². The van der Waals surface area contributed by atoms with Crippen LogP contribution in [-0.2, 0) is 13.0 Å². The van der Waals surface area contributed by atoms with E-state index in [4.69, 9.17) is 4.52 Å². The molecule has 4 heteroatoms. The topological polar surface area (TPSA) is 51.0 Å². The molecule has 0 bridgehead atoms. The summed E-state index contributed by atoms with van der Waals surface area (Å²) in [5.41, 5.74) is 0. The van der Waals surface area contributed by atoms with Gasteiger partial charge in [-0.25, -0.2) is 0 Å². The molecule has 0 aliphatic carbocycles. The van der Waals surface area contributed by atoms with Crippen LogP contribution in [0, 0.1) is 5.92 Å². The minimum Gasteiger partial charge on any atom is -0.339 e. The zero-order valence-electron chi connectivity index (χ0n) is 8.50. The van der Waals surface area contributed by atoms with Crippen LogP contribution in [0.3, 0.4) is 0 Å². The van der Waals surface area contributed by atoms with Gasteiger partial charge in [0, 0.05) is 6.42 Å². The zero-order valence-corrected chi connectivity index (χ0v) is 8.50. The third kappa shape index (κ3) is 3.55. The maximum Gasteiger partial charge on any atom is 0.226 e. The Morgan fingerprint density at radius 2 is 2.23 bits per heavy atom. The van der Waals surface area contributed by atoms with E-state index in [9.17, 15) is 0 Å². The van der Waals surface area contributed by atoms with E-state index in [1.54, 1.807) is 0 Å². The lowest BCUT2D eigenvalue weighted by molar-refractivity contribution is 0.362. The molecule has 0 aliphatic heterocycles. The van der Waals surface area contributed by atoms with E-state index in [2.05, 4.69) is 29.3 Å². The molecule has 74 valence electrons. The Bertz CT molecular complexity index is 245. The first-order chi connectivity index (χ1) is 6.22. The number of hydrogen-bond acceptors (Lipinski definition) is 4. The predicted octanol–water partition coefficient (Wildman–Crippen LogP) is 1.38. The van der Waals surface area contributed by atoms with Gasteiger partial charge in [0.15, 0.2) is 5.82 Å². The molecule has 0 aromatic carbocycles. The first kappa shape index (κ1) is 10.2. The van der Waals surface area contributed by atoms with Crippen molar-refractivity contribution in [3.63, 3.8) is 0 Å². The third-order valence-electron chi connectivity index (χ3n) is 1.78. The lowest BCUT2D eigenvalue weighted by Crippen LogP contribution is -2.06. The van der Waals surface area contributed by atoms with Crippen LogP contribution in [0.15, 0.2) is 4.52 Å². The van der Waals surface area contributed by atoms with Crippen LogP contribution in [0.2, 0.25) is 0 Å². The highest BCUT2D eigenvalue weighted by Crippen LogP contribution is 2.06. The number of nitrogens with one attached hydrogen (secondary N) is 1. The van der Waals surface area contributed by atoms with Crippen molar-refractivity contribution >= 4 is 0 Å². The summed E-state index contributed by atoms with van der Waals surface area (Å²) in [6.07, 6.45) is 1.98. The van der Waals surface area contributed by atoms with E-state index >= 15 is 0 Å². The van der Waals surface area contributed by atoms with E-state index in [0.717, 1.165) is 24.6 Å². The number of hydrogen-bond donors (Lipinski definition) is 1. The Balaban J connectivity index is 2.39. The third-order valence-corrected chi connectivity index (χ3v) is 1.78. The molecule has 13 heavy (non-hydrogen) atoms.